The lowest BCUT2D eigenvalue weighted by Crippen LogP contribution is -2.04. The van der Waals surface area contributed by atoms with Gasteiger partial charge in [-0.25, -0.2) is 4.98 Å². The SMILES string of the molecule is COc1ccc(CCC(O)c2cncn2C)cc1. The second kappa shape index (κ2) is 5.69. The van der Waals surface area contributed by atoms with Crippen molar-refractivity contribution in [1.82, 2.24) is 9.55 Å². The van der Waals surface area contributed by atoms with E-state index in [1.54, 1.807) is 19.6 Å². The highest BCUT2D eigenvalue weighted by Crippen LogP contribution is 2.19. The Morgan fingerprint density at radius 3 is 2.61 bits per heavy atom. The van der Waals surface area contributed by atoms with Gasteiger partial charge in [-0.1, -0.05) is 12.1 Å². The summed E-state index contributed by atoms with van der Waals surface area (Å²) in [6.45, 7) is 0. The lowest BCUT2D eigenvalue weighted by atomic mass is 10.1. The molecule has 0 saturated carbocycles. The number of aliphatic hydroxyl groups is 1. The van der Waals surface area contributed by atoms with E-state index in [-0.39, 0.29) is 0 Å². The number of aliphatic hydroxyl groups excluding tert-OH is 1. The minimum absolute atomic E-state index is 0.473. The first-order valence-electron chi connectivity index (χ1n) is 5.98. The number of hydrogen-bond donors (Lipinski definition) is 1. The number of ether oxygens (including phenoxy) is 1. The zero-order chi connectivity index (χ0) is 13.0. The van der Waals surface area contributed by atoms with Crippen molar-refractivity contribution in [3.05, 3.63) is 48.0 Å². The summed E-state index contributed by atoms with van der Waals surface area (Å²) in [7, 11) is 3.54. The molecule has 4 heteroatoms. The van der Waals surface area contributed by atoms with Crippen LogP contribution >= 0.6 is 0 Å². The molecule has 0 saturated heterocycles. The number of aryl methyl sites for hydroxylation is 2. The van der Waals surface area contributed by atoms with Crippen LogP contribution in [-0.4, -0.2) is 21.8 Å². The molecule has 1 N–H and O–H groups in total. The molecule has 96 valence electrons. The summed E-state index contributed by atoms with van der Waals surface area (Å²) in [5.74, 6) is 0.853. The molecule has 0 amide bonds. The normalized spacial score (nSPS) is 12.4. The van der Waals surface area contributed by atoms with Crippen LogP contribution in [0, 0.1) is 0 Å². The third-order valence-electron chi connectivity index (χ3n) is 3.06. The largest absolute Gasteiger partial charge is 0.497 e. The van der Waals surface area contributed by atoms with Gasteiger partial charge in [0.1, 0.15) is 5.75 Å². The second-order valence-corrected chi connectivity index (χ2v) is 4.33. The van der Waals surface area contributed by atoms with E-state index in [4.69, 9.17) is 4.74 Å². The molecule has 1 heterocycles. The van der Waals surface area contributed by atoms with Gasteiger partial charge in [0.2, 0.25) is 0 Å². The van der Waals surface area contributed by atoms with E-state index in [0.717, 1.165) is 17.9 Å². The van der Waals surface area contributed by atoms with Gasteiger partial charge in [0.05, 0.1) is 31.4 Å². The molecule has 1 atom stereocenters. The topological polar surface area (TPSA) is 47.3 Å². The Morgan fingerprint density at radius 1 is 1.33 bits per heavy atom. The fourth-order valence-corrected chi connectivity index (χ4v) is 1.93. The fourth-order valence-electron chi connectivity index (χ4n) is 1.93. The Labute approximate surface area is 107 Å². The number of methoxy groups -OCH3 is 1. The summed E-state index contributed by atoms with van der Waals surface area (Å²) in [6.07, 6.45) is 4.45. The van der Waals surface area contributed by atoms with Crippen LogP contribution in [0.5, 0.6) is 5.75 Å². The maximum absolute atomic E-state index is 10.1. The standard InChI is InChI=1S/C14H18N2O2/c1-16-10-15-9-13(16)14(17)8-5-11-3-6-12(18-2)7-4-11/h3-4,6-7,9-10,14,17H,5,8H2,1-2H3. The molecule has 18 heavy (non-hydrogen) atoms. The highest BCUT2D eigenvalue weighted by atomic mass is 16.5. The van der Waals surface area contributed by atoms with Crippen molar-refractivity contribution in [3.63, 3.8) is 0 Å². The average molecular weight is 246 g/mol. The Kier molecular flexibility index (Phi) is 3.99. The predicted octanol–water partition coefficient (Wildman–Crippen LogP) is 2.09. The molecule has 0 aliphatic rings. The van der Waals surface area contributed by atoms with E-state index in [9.17, 15) is 5.11 Å². The van der Waals surface area contributed by atoms with Crippen molar-refractivity contribution in [1.29, 1.82) is 0 Å². The summed E-state index contributed by atoms with van der Waals surface area (Å²) >= 11 is 0. The van der Waals surface area contributed by atoms with Crippen LogP contribution in [0.2, 0.25) is 0 Å². The van der Waals surface area contributed by atoms with Crippen molar-refractivity contribution in [2.45, 2.75) is 18.9 Å². The zero-order valence-electron chi connectivity index (χ0n) is 10.7. The first kappa shape index (κ1) is 12.6. The Hall–Kier alpha value is -1.81. The van der Waals surface area contributed by atoms with Crippen LogP contribution < -0.4 is 4.74 Å². The van der Waals surface area contributed by atoms with E-state index in [1.807, 2.05) is 35.9 Å². The maximum atomic E-state index is 10.1. The maximum Gasteiger partial charge on any atom is 0.118 e. The van der Waals surface area contributed by atoms with Crippen LogP contribution in [0.1, 0.15) is 23.8 Å². The minimum Gasteiger partial charge on any atom is -0.497 e. The molecule has 2 rings (SSSR count). The van der Waals surface area contributed by atoms with Gasteiger partial charge in [-0.2, -0.15) is 0 Å². The Bertz CT molecular complexity index is 491. The minimum atomic E-state index is -0.473. The van der Waals surface area contributed by atoms with Gasteiger partial charge >= 0.3 is 0 Å². The van der Waals surface area contributed by atoms with Crippen molar-refractivity contribution >= 4 is 0 Å². The fraction of sp³-hybridized carbons (Fsp3) is 0.357. The van der Waals surface area contributed by atoms with Crippen LogP contribution in [0.25, 0.3) is 0 Å². The second-order valence-electron chi connectivity index (χ2n) is 4.33. The lowest BCUT2D eigenvalue weighted by molar-refractivity contribution is 0.159. The van der Waals surface area contributed by atoms with Gasteiger partial charge in [-0.05, 0) is 30.5 Å². The summed E-state index contributed by atoms with van der Waals surface area (Å²) in [5, 5.41) is 10.1. The van der Waals surface area contributed by atoms with Crippen LogP contribution in [0.4, 0.5) is 0 Å². The summed E-state index contributed by atoms with van der Waals surface area (Å²) in [6, 6.07) is 7.92. The van der Waals surface area contributed by atoms with Crippen LogP contribution in [-0.2, 0) is 13.5 Å². The molecule has 0 aliphatic carbocycles. The number of rotatable bonds is 5. The molecule has 0 spiro atoms. The summed E-state index contributed by atoms with van der Waals surface area (Å²) < 4.78 is 6.95. The molecule has 1 aromatic heterocycles. The molecular weight excluding hydrogens is 228 g/mol. The van der Waals surface area contributed by atoms with Gasteiger partial charge in [-0.15, -0.1) is 0 Å². The van der Waals surface area contributed by atoms with Crippen LogP contribution in [0.15, 0.2) is 36.8 Å². The van der Waals surface area contributed by atoms with Gasteiger partial charge in [0.15, 0.2) is 0 Å². The molecule has 0 aliphatic heterocycles. The Morgan fingerprint density at radius 2 is 2.06 bits per heavy atom. The van der Waals surface area contributed by atoms with Gasteiger partial charge in [-0.3, -0.25) is 0 Å². The van der Waals surface area contributed by atoms with Crippen LogP contribution in [0.3, 0.4) is 0 Å². The Balaban J connectivity index is 1.93. The highest BCUT2D eigenvalue weighted by molar-refractivity contribution is 5.27. The van der Waals surface area contributed by atoms with E-state index in [2.05, 4.69) is 4.98 Å². The third kappa shape index (κ3) is 2.90. The van der Waals surface area contributed by atoms with Gasteiger partial charge in [0.25, 0.3) is 0 Å². The van der Waals surface area contributed by atoms with E-state index in [0.29, 0.717) is 6.42 Å². The summed E-state index contributed by atoms with van der Waals surface area (Å²) in [5.41, 5.74) is 2.04. The first-order chi connectivity index (χ1) is 8.70. The number of imidazole rings is 1. The number of benzene rings is 1. The number of aromatic nitrogens is 2. The molecule has 4 nitrogen and oxygen atoms in total. The van der Waals surface area contributed by atoms with Crippen molar-refractivity contribution in [2.24, 2.45) is 7.05 Å². The van der Waals surface area contributed by atoms with Crippen molar-refractivity contribution in [3.8, 4) is 5.75 Å². The first-order valence-corrected chi connectivity index (χ1v) is 5.98. The number of nitrogens with zero attached hydrogens (tertiary/aromatic N) is 2. The quantitative estimate of drug-likeness (QED) is 0.878. The molecule has 0 bridgehead atoms. The molecule has 1 unspecified atom stereocenters. The lowest BCUT2D eigenvalue weighted by Gasteiger charge is -2.11. The molecule has 0 radical (unpaired) electrons. The third-order valence-corrected chi connectivity index (χ3v) is 3.06. The predicted molar refractivity (Wildman–Crippen MR) is 69.5 cm³/mol. The monoisotopic (exact) mass is 246 g/mol. The van der Waals surface area contributed by atoms with Crippen molar-refractivity contribution in [2.75, 3.05) is 7.11 Å². The van der Waals surface area contributed by atoms with Crippen molar-refractivity contribution < 1.29 is 9.84 Å². The van der Waals surface area contributed by atoms with Gasteiger partial charge in [0, 0.05) is 7.05 Å². The van der Waals surface area contributed by atoms with Gasteiger partial charge < -0.3 is 14.4 Å². The zero-order valence-corrected chi connectivity index (χ0v) is 10.7. The molecular formula is C14H18N2O2. The molecule has 1 aromatic carbocycles. The highest BCUT2D eigenvalue weighted by Gasteiger charge is 2.11. The summed E-state index contributed by atoms with van der Waals surface area (Å²) in [4.78, 5) is 4.01. The van der Waals surface area contributed by atoms with E-state index in [1.165, 1.54) is 5.56 Å². The van der Waals surface area contributed by atoms with E-state index < -0.39 is 6.10 Å². The average Bonchev–Trinajstić information content (AvgIpc) is 2.83. The number of hydrogen-bond acceptors (Lipinski definition) is 3. The molecule has 2 aromatic rings. The smallest absolute Gasteiger partial charge is 0.118 e. The molecule has 0 fully saturated rings. The van der Waals surface area contributed by atoms with E-state index >= 15 is 0 Å².